The number of rotatable bonds is 2. The number of aromatic nitrogens is 3. The standard InChI is InChI=1S/C13H14N6O2S/c14-13(22)17-15-8-5-10(11-6-20-12(8)21-11)19-9-4-2-1-3-7(9)16-18-19/h1-4,10-12H,5-6H2,(H3,14,17,22)/b15-8-/t10-,11+,12-/m0/s1. The fourth-order valence-corrected chi connectivity index (χ4v) is 2.88. The van der Waals surface area contributed by atoms with Crippen molar-refractivity contribution in [2.75, 3.05) is 6.61 Å². The maximum atomic E-state index is 5.86. The molecule has 4 rings (SSSR count). The van der Waals surface area contributed by atoms with Crippen LogP contribution in [0.1, 0.15) is 12.5 Å². The lowest BCUT2D eigenvalue weighted by Crippen LogP contribution is -2.39. The molecular formula is C13H14N6O2S. The van der Waals surface area contributed by atoms with Crippen molar-refractivity contribution >= 4 is 34.1 Å². The molecule has 0 amide bonds. The van der Waals surface area contributed by atoms with Crippen molar-refractivity contribution in [3.63, 3.8) is 0 Å². The summed E-state index contributed by atoms with van der Waals surface area (Å²) >= 11 is 4.77. The molecule has 2 aliphatic rings. The van der Waals surface area contributed by atoms with Crippen molar-refractivity contribution in [1.82, 2.24) is 20.4 Å². The number of nitrogens with zero attached hydrogens (tertiary/aromatic N) is 4. The SMILES string of the molecule is NC(=S)N/N=C1/C[C@H](n2nnc3ccccc32)[C@H]2CO[C@H]1O2. The first-order valence-corrected chi connectivity index (χ1v) is 7.32. The lowest BCUT2D eigenvalue weighted by atomic mass is 10.0. The molecule has 114 valence electrons. The van der Waals surface area contributed by atoms with Crippen LogP contribution in [-0.4, -0.2) is 44.8 Å². The first-order chi connectivity index (χ1) is 10.7. The second kappa shape index (κ2) is 5.27. The number of benzene rings is 1. The molecule has 2 fully saturated rings. The lowest BCUT2D eigenvalue weighted by Gasteiger charge is -2.28. The van der Waals surface area contributed by atoms with Crippen LogP contribution in [0.2, 0.25) is 0 Å². The molecule has 0 aliphatic carbocycles. The normalized spacial score (nSPS) is 29.1. The van der Waals surface area contributed by atoms with Crippen molar-refractivity contribution < 1.29 is 9.47 Å². The molecule has 0 radical (unpaired) electrons. The third-order valence-electron chi connectivity index (χ3n) is 3.83. The number of para-hydroxylation sites is 1. The predicted molar refractivity (Wildman–Crippen MR) is 83.2 cm³/mol. The molecule has 0 unspecified atom stereocenters. The molecule has 3 atom stereocenters. The lowest BCUT2D eigenvalue weighted by molar-refractivity contribution is -0.0317. The van der Waals surface area contributed by atoms with Crippen molar-refractivity contribution in [1.29, 1.82) is 0 Å². The highest BCUT2D eigenvalue weighted by Gasteiger charge is 2.43. The van der Waals surface area contributed by atoms with E-state index in [1.54, 1.807) is 0 Å². The Kier molecular flexibility index (Phi) is 3.25. The first-order valence-electron chi connectivity index (χ1n) is 6.91. The van der Waals surface area contributed by atoms with Gasteiger partial charge in [-0.3, -0.25) is 5.43 Å². The highest BCUT2D eigenvalue weighted by atomic mass is 32.1. The summed E-state index contributed by atoms with van der Waals surface area (Å²) in [7, 11) is 0. The number of hydrogen-bond donors (Lipinski definition) is 2. The van der Waals surface area contributed by atoms with E-state index >= 15 is 0 Å². The molecular weight excluding hydrogens is 304 g/mol. The molecule has 1 aromatic carbocycles. The van der Waals surface area contributed by atoms with Crippen molar-refractivity contribution in [3.05, 3.63) is 24.3 Å². The number of ether oxygens (including phenoxy) is 2. The van der Waals surface area contributed by atoms with Gasteiger partial charge in [0.15, 0.2) is 11.4 Å². The average molecular weight is 318 g/mol. The van der Waals surface area contributed by atoms with E-state index in [1.807, 2.05) is 28.9 Å². The van der Waals surface area contributed by atoms with Crippen LogP contribution in [-0.2, 0) is 9.47 Å². The number of nitrogens with one attached hydrogen (secondary N) is 1. The third-order valence-corrected chi connectivity index (χ3v) is 3.92. The van der Waals surface area contributed by atoms with Crippen LogP contribution in [0.3, 0.4) is 0 Å². The smallest absolute Gasteiger partial charge is 0.199 e. The molecule has 1 aromatic heterocycles. The van der Waals surface area contributed by atoms with Gasteiger partial charge in [-0.1, -0.05) is 17.3 Å². The van der Waals surface area contributed by atoms with Crippen LogP contribution in [0.4, 0.5) is 0 Å². The Morgan fingerprint density at radius 2 is 2.32 bits per heavy atom. The third kappa shape index (κ3) is 2.23. The second-order valence-corrected chi connectivity index (χ2v) is 5.65. The molecule has 3 N–H and O–H groups in total. The minimum Gasteiger partial charge on any atom is -0.375 e. The fraction of sp³-hybridized carbons (Fsp3) is 0.385. The summed E-state index contributed by atoms with van der Waals surface area (Å²) in [5, 5.41) is 12.8. The summed E-state index contributed by atoms with van der Waals surface area (Å²) in [4.78, 5) is 0. The van der Waals surface area contributed by atoms with Gasteiger partial charge in [0.2, 0.25) is 0 Å². The Hall–Kier alpha value is -2.10. The molecule has 22 heavy (non-hydrogen) atoms. The van der Waals surface area contributed by atoms with Gasteiger partial charge in [0.05, 0.1) is 23.9 Å². The monoisotopic (exact) mass is 318 g/mol. The van der Waals surface area contributed by atoms with E-state index in [4.69, 9.17) is 27.4 Å². The second-order valence-electron chi connectivity index (χ2n) is 5.21. The van der Waals surface area contributed by atoms with Gasteiger partial charge in [-0.25, -0.2) is 4.68 Å². The molecule has 0 spiro atoms. The van der Waals surface area contributed by atoms with Gasteiger partial charge >= 0.3 is 0 Å². The summed E-state index contributed by atoms with van der Waals surface area (Å²) in [5.74, 6) is 0. The van der Waals surface area contributed by atoms with Gasteiger partial charge in [0.1, 0.15) is 11.6 Å². The zero-order valence-corrected chi connectivity index (χ0v) is 12.4. The maximum Gasteiger partial charge on any atom is 0.199 e. The summed E-state index contributed by atoms with van der Waals surface area (Å²) in [6.45, 7) is 0.496. The van der Waals surface area contributed by atoms with Crippen LogP contribution in [0.5, 0.6) is 0 Å². The molecule has 9 heteroatoms. The first kappa shape index (κ1) is 13.6. The van der Waals surface area contributed by atoms with Crippen molar-refractivity contribution in [2.24, 2.45) is 10.8 Å². The Bertz CT molecular complexity index is 760. The number of hydrogen-bond acceptors (Lipinski definition) is 6. The fourth-order valence-electron chi connectivity index (χ4n) is 2.84. The van der Waals surface area contributed by atoms with Crippen molar-refractivity contribution in [2.45, 2.75) is 24.9 Å². The number of thiocarbonyl (C=S) groups is 1. The van der Waals surface area contributed by atoms with E-state index in [-0.39, 0.29) is 17.3 Å². The average Bonchev–Trinajstić information content (AvgIpc) is 3.12. The van der Waals surface area contributed by atoms with Gasteiger partial charge in [0.25, 0.3) is 0 Å². The zero-order valence-electron chi connectivity index (χ0n) is 11.5. The molecule has 2 bridgehead atoms. The molecule has 2 saturated heterocycles. The Labute approximate surface area is 131 Å². The van der Waals surface area contributed by atoms with Crippen LogP contribution in [0, 0.1) is 0 Å². The van der Waals surface area contributed by atoms with E-state index in [2.05, 4.69) is 20.8 Å². The predicted octanol–water partition coefficient (Wildman–Crippen LogP) is 0.307. The molecule has 2 aromatic rings. The topological polar surface area (TPSA) is 99.6 Å². The van der Waals surface area contributed by atoms with E-state index in [0.717, 1.165) is 11.0 Å². The minimum absolute atomic E-state index is 0.0296. The van der Waals surface area contributed by atoms with Gasteiger partial charge in [-0.2, -0.15) is 5.10 Å². The minimum atomic E-state index is -0.446. The largest absolute Gasteiger partial charge is 0.375 e. The van der Waals surface area contributed by atoms with Gasteiger partial charge in [0, 0.05) is 6.42 Å². The Balaban J connectivity index is 1.69. The van der Waals surface area contributed by atoms with E-state index in [9.17, 15) is 0 Å². The Morgan fingerprint density at radius 1 is 1.45 bits per heavy atom. The zero-order chi connectivity index (χ0) is 15.1. The Morgan fingerprint density at radius 3 is 3.18 bits per heavy atom. The molecule has 3 heterocycles. The maximum absolute atomic E-state index is 5.86. The van der Waals surface area contributed by atoms with Crippen LogP contribution < -0.4 is 11.2 Å². The van der Waals surface area contributed by atoms with Crippen molar-refractivity contribution in [3.8, 4) is 0 Å². The summed E-state index contributed by atoms with van der Waals surface area (Å²) < 4.78 is 13.4. The van der Waals surface area contributed by atoms with Crippen LogP contribution >= 0.6 is 12.2 Å². The van der Waals surface area contributed by atoms with Crippen LogP contribution in [0.15, 0.2) is 29.4 Å². The van der Waals surface area contributed by atoms with Crippen LogP contribution in [0.25, 0.3) is 11.0 Å². The summed E-state index contributed by atoms with van der Waals surface area (Å²) in [6.07, 6.45) is 0.120. The molecule has 0 saturated carbocycles. The summed E-state index contributed by atoms with van der Waals surface area (Å²) in [5.41, 5.74) is 10.5. The highest BCUT2D eigenvalue weighted by molar-refractivity contribution is 7.80. The van der Waals surface area contributed by atoms with Gasteiger partial charge < -0.3 is 15.2 Å². The highest BCUT2D eigenvalue weighted by Crippen LogP contribution is 2.34. The number of hydrazone groups is 1. The number of fused-ring (bicyclic) bond motifs is 3. The quantitative estimate of drug-likeness (QED) is 0.607. The van der Waals surface area contributed by atoms with Gasteiger partial charge in [-0.05, 0) is 24.4 Å². The summed E-state index contributed by atoms with van der Waals surface area (Å²) in [6, 6.07) is 7.79. The van der Waals surface area contributed by atoms with E-state index in [1.165, 1.54) is 0 Å². The molecule has 8 nitrogen and oxygen atoms in total. The van der Waals surface area contributed by atoms with E-state index < -0.39 is 6.29 Å². The molecule has 2 aliphatic heterocycles. The number of nitrogens with two attached hydrogens (primary N) is 1. The van der Waals surface area contributed by atoms with Gasteiger partial charge in [-0.15, -0.1) is 5.10 Å². The van der Waals surface area contributed by atoms with E-state index in [0.29, 0.717) is 18.7 Å².